The lowest BCUT2D eigenvalue weighted by Crippen LogP contribution is -2.31. The van der Waals surface area contributed by atoms with E-state index in [1.54, 1.807) is 31.2 Å². The summed E-state index contributed by atoms with van der Waals surface area (Å²) in [6.45, 7) is 1.78. The molecule has 23 heavy (non-hydrogen) atoms. The second kappa shape index (κ2) is 8.65. The van der Waals surface area contributed by atoms with Crippen molar-refractivity contribution in [3.8, 4) is 0 Å². The van der Waals surface area contributed by atoms with E-state index in [9.17, 15) is 9.90 Å². The average molecular weight is 313 g/mol. The molecule has 2 aromatic carbocycles. The maximum atomic E-state index is 11.5. The van der Waals surface area contributed by atoms with Gasteiger partial charge in [0.2, 0.25) is 0 Å². The van der Waals surface area contributed by atoms with Crippen LogP contribution in [0.5, 0.6) is 0 Å². The Labute approximate surface area is 135 Å². The zero-order valence-electron chi connectivity index (χ0n) is 12.9. The first kappa shape index (κ1) is 16.6. The monoisotopic (exact) mass is 313 g/mol. The maximum Gasteiger partial charge on any atom is 0.325 e. The highest BCUT2D eigenvalue weighted by Crippen LogP contribution is 2.22. The number of aliphatic hydroxyl groups is 1. The van der Waals surface area contributed by atoms with Crippen LogP contribution in [0.3, 0.4) is 0 Å². The molecular weight excluding hydrogens is 294 g/mol. The first-order chi connectivity index (χ1) is 11.2. The Morgan fingerprint density at radius 2 is 1.65 bits per heavy atom. The third kappa shape index (κ3) is 5.19. The normalized spacial score (nSPS) is 10.7. The van der Waals surface area contributed by atoms with E-state index in [2.05, 4.69) is 10.2 Å². The van der Waals surface area contributed by atoms with Gasteiger partial charge in [-0.15, -0.1) is 0 Å². The molecular formula is C17H19N3O3. The number of ether oxygens (including phenoxy) is 1. The number of aliphatic hydroxyl groups excluding tert-OH is 1. The number of hydrogen-bond acceptors (Lipinski definition) is 6. The molecule has 2 aromatic rings. The lowest BCUT2D eigenvalue weighted by molar-refractivity contribution is -0.141. The molecule has 1 N–H and O–H groups in total. The van der Waals surface area contributed by atoms with Crippen molar-refractivity contribution < 1.29 is 14.6 Å². The molecule has 0 atom stereocenters. The van der Waals surface area contributed by atoms with Gasteiger partial charge in [0.25, 0.3) is 0 Å². The second-order valence-electron chi connectivity index (χ2n) is 4.70. The zero-order chi connectivity index (χ0) is 16.5. The Morgan fingerprint density at radius 1 is 1.04 bits per heavy atom. The van der Waals surface area contributed by atoms with Gasteiger partial charge in [-0.3, -0.25) is 4.79 Å². The Hall–Kier alpha value is -2.73. The van der Waals surface area contributed by atoms with Crippen LogP contribution in [-0.2, 0) is 9.53 Å². The molecule has 0 bridgehead atoms. The van der Waals surface area contributed by atoms with E-state index < -0.39 is 0 Å². The van der Waals surface area contributed by atoms with Crippen LogP contribution in [0.4, 0.5) is 17.1 Å². The van der Waals surface area contributed by atoms with Crippen molar-refractivity contribution in [1.29, 1.82) is 0 Å². The van der Waals surface area contributed by atoms with Gasteiger partial charge in [-0.2, -0.15) is 10.2 Å². The molecule has 0 fully saturated rings. The van der Waals surface area contributed by atoms with Gasteiger partial charge >= 0.3 is 5.97 Å². The quantitative estimate of drug-likeness (QED) is 0.483. The molecule has 2 rings (SSSR count). The number of rotatable bonds is 7. The summed E-state index contributed by atoms with van der Waals surface area (Å²) < 4.78 is 4.88. The summed E-state index contributed by atoms with van der Waals surface area (Å²) in [5, 5.41) is 17.7. The molecule has 0 aliphatic carbocycles. The van der Waals surface area contributed by atoms with Crippen LogP contribution in [-0.4, -0.2) is 31.0 Å². The molecule has 0 saturated carbocycles. The average Bonchev–Trinajstić information content (AvgIpc) is 2.59. The van der Waals surface area contributed by atoms with Gasteiger partial charge in [0.1, 0.15) is 13.3 Å². The maximum absolute atomic E-state index is 11.5. The predicted octanol–water partition coefficient (Wildman–Crippen LogP) is 3.42. The number of nitrogens with zero attached hydrogens (tertiary/aromatic N) is 3. The molecule has 120 valence electrons. The SMILES string of the molecule is CCOC(=O)CN(CO)c1ccc(N=Nc2ccccc2)cc1. The number of esters is 1. The van der Waals surface area contributed by atoms with Gasteiger partial charge < -0.3 is 14.7 Å². The van der Waals surface area contributed by atoms with Crippen LogP contribution < -0.4 is 4.90 Å². The Balaban J connectivity index is 2.03. The summed E-state index contributed by atoms with van der Waals surface area (Å²) in [6, 6.07) is 16.5. The van der Waals surface area contributed by atoms with Gasteiger partial charge in [-0.1, -0.05) is 18.2 Å². The highest BCUT2D eigenvalue weighted by atomic mass is 16.5. The van der Waals surface area contributed by atoms with Crippen molar-refractivity contribution in [1.82, 2.24) is 0 Å². The fraction of sp³-hybridized carbons (Fsp3) is 0.235. The molecule has 0 aliphatic rings. The number of anilines is 1. The van der Waals surface area contributed by atoms with Crippen molar-refractivity contribution >= 4 is 23.0 Å². The van der Waals surface area contributed by atoms with Crippen LogP contribution in [0.25, 0.3) is 0 Å². The third-order valence-corrected chi connectivity index (χ3v) is 3.05. The first-order valence-corrected chi connectivity index (χ1v) is 7.31. The molecule has 0 aromatic heterocycles. The summed E-state index contributed by atoms with van der Waals surface area (Å²) in [5.74, 6) is -0.380. The smallest absolute Gasteiger partial charge is 0.325 e. The minimum atomic E-state index is -0.380. The zero-order valence-corrected chi connectivity index (χ0v) is 12.9. The standard InChI is InChI=1S/C17H19N3O3/c1-2-23-17(22)12-20(13-21)16-10-8-15(9-11-16)19-18-14-6-4-3-5-7-14/h3-11,21H,2,12-13H2,1H3. The molecule has 0 radical (unpaired) electrons. The second-order valence-corrected chi connectivity index (χ2v) is 4.70. The molecule has 0 spiro atoms. The molecule has 0 aliphatic heterocycles. The van der Waals surface area contributed by atoms with E-state index in [4.69, 9.17) is 4.74 Å². The Morgan fingerprint density at radius 3 is 2.22 bits per heavy atom. The van der Waals surface area contributed by atoms with E-state index in [-0.39, 0.29) is 19.2 Å². The topological polar surface area (TPSA) is 74.5 Å². The predicted molar refractivity (Wildman–Crippen MR) is 88.1 cm³/mol. The highest BCUT2D eigenvalue weighted by Gasteiger charge is 2.11. The molecule has 6 heteroatoms. The molecule has 0 saturated heterocycles. The number of hydrogen-bond donors (Lipinski definition) is 1. The summed E-state index contributed by atoms with van der Waals surface area (Å²) >= 11 is 0. The van der Waals surface area contributed by atoms with Crippen LogP contribution in [0.2, 0.25) is 0 Å². The fourth-order valence-electron chi connectivity index (χ4n) is 1.93. The summed E-state index contributed by atoms with van der Waals surface area (Å²) in [4.78, 5) is 13.0. The van der Waals surface area contributed by atoms with Gasteiger partial charge in [0.05, 0.1) is 18.0 Å². The van der Waals surface area contributed by atoms with Gasteiger partial charge in [-0.25, -0.2) is 0 Å². The van der Waals surface area contributed by atoms with E-state index in [1.807, 2.05) is 30.3 Å². The number of azo groups is 1. The minimum Gasteiger partial charge on any atom is -0.465 e. The van der Waals surface area contributed by atoms with Crippen LogP contribution in [0, 0.1) is 0 Å². The number of carbonyl (C=O) groups is 1. The number of carbonyl (C=O) groups excluding carboxylic acids is 1. The van der Waals surface area contributed by atoms with E-state index in [0.29, 0.717) is 18.0 Å². The first-order valence-electron chi connectivity index (χ1n) is 7.31. The van der Waals surface area contributed by atoms with Gasteiger partial charge in [-0.05, 0) is 43.3 Å². The molecule has 0 unspecified atom stereocenters. The lowest BCUT2D eigenvalue weighted by Gasteiger charge is -2.20. The minimum absolute atomic E-state index is 0.00474. The van der Waals surface area contributed by atoms with Crippen molar-refractivity contribution in [2.45, 2.75) is 6.92 Å². The van der Waals surface area contributed by atoms with Crippen molar-refractivity contribution in [2.24, 2.45) is 10.2 Å². The molecule has 0 amide bonds. The highest BCUT2D eigenvalue weighted by molar-refractivity contribution is 5.75. The van der Waals surface area contributed by atoms with E-state index in [0.717, 1.165) is 5.69 Å². The van der Waals surface area contributed by atoms with Gasteiger partial charge in [0.15, 0.2) is 0 Å². The molecule has 6 nitrogen and oxygen atoms in total. The summed E-state index contributed by atoms with van der Waals surface area (Å²) in [7, 11) is 0. The van der Waals surface area contributed by atoms with Crippen LogP contribution in [0.15, 0.2) is 64.8 Å². The Bertz CT molecular complexity index is 642. The Kier molecular flexibility index (Phi) is 6.26. The third-order valence-electron chi connectivity index (χ3n) is 3.05. The van der Waals surface area contributed by atoms with Gasteiger partial charge in [0, 0.05) is 5.69 Å². The summed E-state index contributed by atoms with van der Waals surface area (Å²) in [6.07, 6.45) is 0. The largest absolute Gasteiger partial charge is 0.465 e. The van der Waals surface area contributed by atoms with Crippen LogP contribution in [0.1, 0.15) is 6.92 Å². The van der Waals surface area contributed by atoms with E-state index in [1.165, 1.54) is 4.90 Å². The van der Waals surface area contributed by atoms with E-state index >= 15 is 0 Å². The number of benzene rings is 2. The van der Waals surface area contributed by atoms with Crippen molar-refractivity contribution in [3.05, 3.63) is 54.6 Å². The van der Waals surface area contributed by atoms with Crippen LogP contribution >= 0.6 is 0 Å². The fourth-order valence-corrected chi connectivity index (χ4v) is 1.93. The molecule has 0 heterocycles. The lowest BCUT2D eigenvalue weighted by atomic mass is 10.2. The summed E-state index contributed by atoms with van der Waals surface area (Å²) in [5.41, 5.74) is 2.17. The van der Waals surface area contributed by atoms with Crippen molar-refractivity contribution in [3.63, 3.8) is 0 Å². The van der Waals surface area contributed by atoms with Crippen molar-refractivity contribution in [2.75, 3.05) is 24.8 Å².